The number of amides is 1. The first-order valence-electron chi connectivity index (χ1n) is 9.88. The maximum atomic E-state index is 12.6. The van der Waals surface area contributed by atoms with Crippen LogP contribution < -0.4 is 5.56 Å². The molecule has 0 spiro atoms. The van der Waals surface area contributed by atoms with E-state index in [4.69, 9.17) is 0 Å². The Hall–Kier alpha value is -2.47. The smallest absolute Gasteiger partial charge is 0.259 e. The zero-order valence-corrected chi connectivity index (χ0v) is 17.1. The molecule has 0 radical (unpaired) electrons. The molecule has 0 aliphatic heterocycles. The average Bonchev–Trinajstić information content (AvgIpc) is 3.10. The van der Waals surface area contributed by atoms with E-state index < -0.39 is 0 Å². The zero-order valence-electron chi connectivity index (χ0n) is 16.3. The van der Waals surface area contributed by atoms with Gasteiger partial charge in [-0.15, -0.1) is 11.3 Å². The largest absolute Gasteiger partial charge is 0.339 e. The Bertz CT molecular complexity index is 1050. The minimum atomic E-state index is -0.0575. The van der Waals surface area contributed by atoms with Crippen LogP contribution in [-0.2, 0) is 24.1 Å². The summed E-state index contributed by atoms with van der Waals surface area (Å²) in [6.07, 6.45) is 5.11. The number of aromatic nitrogens is 2. The van der Waals surface area contributed by atoms with Gasteiger partial charge in [0.15, 0.2) is 0 Å². The molecule has 1 aliphatic rings. The van der Waals surface area contributed by atoms with Gasteiger partial charge in [-0.1, -0.05) is 30.3 Å². The number of rotatable bonds is 5. The number of nitrogens with one attached hydrogen (secondary N) is 1. The van der Waals surface area contributed by atoms with Crippen LogP contribution in [0.4, 0.5) is 0 Å². The highest BCUT2D eigenvalue weighted by Gasteiger charge is 2.21. The van der Waals surface area contributed by atoms with Crippen molar-refractivity contribution in [3.8, 4) is 0 Å². The van der Waals surface area contributed by atoms with Crippen molar-refractivity contribution in [2.24, 2.45) is 0 Å². The Morgan fingerprint density at radius 2 is 2.00 bits per heavy atom. The third kappa shape index (κ3) is 3.61. The highest BCUT2D eigenvalue weighted by atomic mass is 32.1. The van der Waals surface area contributed by atoms with Crippen LogP contribution in [0.5, 0.6) is 0 Å². The van der Waals surface area contributed by atoms with E-state index >= 15 is 0 Å². The van der Waals surface area contributed by atoms with Gasteiger partial charge < -0.3 is 9.88 Å². The molecule has 5 nitrogen and oxygen atoms in total. The Morgan fingerprint density at radius 3 is 2.79 bits per heavy atom. The summed E-state index contributed by atoms with van der Waals surface area (Å²) in [6, 6.07) is 9.99. The van der Waals surface area contributed by atoms with Gasteiger partial charge in [0.2, 0.25) is 5.91 Å². The van der Waals surface area contributed by atoms with Gasteiger partial charge in [-0.2, -0.15) is 0 Å². The third-order valence-electron chi connectivity index (χ3n) is 5.71. The normalized spacial score (nSPS) is 14.6. The maximum Gasteiger partial charge on any atom is 0.259 e. The van der Waals surface area contributed by atoms with Gasteiger partial charge in [-0.25, -0.2) is 4.98 Å². The molecule has 0 saturated carbocycles. The van der Waals surface area contributed by atoms with E-state index in [0.717, 1.165) is 35.0 Å². The monoisotopic (exact) mass is 395 g/mol. The number of hydrogen-bond acceptors (Lipinski definition) is 4. The molecule has 0 saturated heterocycles. The molecule has 1 atom stereocenters. The van der Waals surface area contributed by atoms with Crippen molar-refractivity contribution < 1.29 is 4.79 Å². The molecule has 4 rings (SSSR count). The Morgan fingerprint density at radius 1 is 1.25 bits per heavy atom. The molecule has 1 amide bonds. The molecule has 0 unspecified atom stereocenters. The maximum absolute atomic E-state index is 12.6. The molecule has 0 bridgehead atoms. The molecule has 2 aromatic heterocycles. The summed E-state index contributed by atoms with van der Waals surface area (Å²) in [5.74, 6) is 0.648. The lowest BCUT2D eigenvalue weighted by Crippen LogP contribution is -2.30. The van der Waals surface area contributed by atoms with E-state index in [1.807, 2.05) is 44.3 Å². The van der Waals surface area contributed by atoms with Crippen molar-refractivity contribution >= 4 is 27.5 Å². The van der Waals surface area contributed by atoms with Crippen LogP contribution in [0.25, 0.3) is 10.2 Å². The molecule has 2 heterocycles. The van der Waals surface area contributed by atoms with Crippen LogP contribution in [0.2, 0.25) is 0 Å². The quantitative estimate of drug-likeness (QED) is 0.710. The molecule has 0 fully saturated rings. The lowest BCUT2D eigenvalue weighted by atomic mass is 9.97. The van der Waals surface area contributed by atoms with Crippen LogP contribution in [-0.4, -0.2) is 27.8 Å². The average molecular weight is 396 g/mol. The number of nitrogens with zero attached hydrogens (tertiary/aromatic N) is 2. The molecular weight excluding hydrogens is 370 g/mol. The summed E-state index contributed by atoms with van der Waals surface area (Å²) in [4.78, 5) is 36.7. The third-order valence-corrected chi connectivity index (χ3v) is 6.89. The summed E-state index contributed by atoms with van der Waals surface area (Å²) in [5, 5.41) is 0.768. The van der Waals surface area contributed by atoms with Crippen molar-refractivity contribution in [2.45, 2.75) is 51.5 Å². The van der Waals surface area contributed by atoms with Crippen LogP contribution in [0, 0.1) is 0 Å². The van der Waals surface area contributed by atoms with Gasteiger partial charge in [0, 0.05) is 24.8 Å². The standard InChI is InChI=1S/C22H25N3O2S/c1-14(15-8-4-3-5-9-15)25(2)19(26)13-12-18-23-21(27)20-16-10-6-7-11-17(16)28-22(20)24-18/h3-5,8-9,14H,6-7,10-13H2,1-2H3,(H,23,24,27)/t14-/m1/s1. The van der Waals surface area contributed by atoms with Gasteiger partial charge in [-0.3, -0.25) is 9.59 Å². The number of carbonyl (C=O) groups is 1. The lowest BCUT2D eigenvalue weighted by molar-refractivity contribution is -0.131. The number of aryl methyl sites for hydroxylation is 3. The number of hydrogen-bond donors (Lipinski definition) is 1. The summed E-state index contributed by atoms with van der Waals surface area (Å²) in [6.45, 7) is 2.02. The molecule has 1 N–H and O–H groups in total. The minimum absolute atomic E-state index is 0.00668. The molecule has 6 heteroatoms. The van der Waals surface area contributed by atoms with E-state index in [2.05, 4.69) is 9.97 Å². The lowest BCUT2D eigenvalue weighted by Gasteiger charge is -2.25. The molecule has 28 heavy (non-hydrogen) atoms. The van der Waals surface area contributed by atoms with Crippen molar-refractivity contribution in [2.75, 3.05) is 7.05 Å². The predicted molar refractivity (Wildman–Crippen MR) is 113 cm³/mol. The van der Waals surface area contributed by atoms with E-state index in [9.17, 15) is 9.59 Å². The Labute approximate surface area is 168 Å². The van der Waals surface area contributed by atoms with Crippen LogP contribution in [0.1, 0.15) is 54.1 Å². The van der Waals surface area contributed by atoms with Crippen LogP contribution >= 0.6 is 11.3 Å². The fraction of sp³-hybridized carbons (Fsp3) is 0.409. The minimum Gasteiger partial charge on any atom is -0.339 e. The fourth-order valence-corrected chi connectivity index (χ4v) is 5.18. The van der Waals surface area contributed by atoms with Gasteiger partial charge in [0.25, 0.3) is 5.56 Å². The highest BCUT2D eigenvalue weighted by molar-refractivity contribution is 7.18. The van der Waals surface area contributed by atoms with Gasteiger partial charge in [0.05, 0.1) is 11.4 Å². The van der Waals surface area contributed by atoms with E-state index in [1.165, 1.54) is 16.9 Å². The first kappa shape index (κ1) is 18.9. The molecule has 146 valence electrons. The highest BCUT2D eigenvalue weighted by Crippen LogP contribution is 2.33. The topological polar surface area (TPSA) is 66.1 Å². The first-order valence-corrected chi connectivity index (χ1v) is 10.7. The van der Waals surface area contributed by atoms with Crippen molar-refractivity contribution in [1.82, 2.24) is 14.9 Å². The Kier molecular flexibility index (Phi) is 5.31. The van der Waals surface area contributed by atoms with Crippen LogP contribution in [0.15, 0.2) is 35.1 Å². The molecule has 1 aliphatic carbocycles. The second-order valence-electron chi connectivity index (χ2n) is 7.49. The number of H-pyrrole nitrogens is 1. The van der Waals surface area contributed by atoms with Gasteiger partial charge in [-0.05, 0) is 43.7 Å². The van der Waals surface area contributed by atoms with Crippen molar-refractivity contribution in [1.29, 1.82) is 0 Å². The summed E-state index contributed by atoms with van der Waals surface area (Å²) < 4.78 is 0. The Balaban J connectivity index is 1.48. The first-order chi connectivity index (χ1) is 13.5. The number of thiophene rings is 1. The second-order valence-corrected chi connectivity index (χ2v) is 8.58. The number of carbonyl (C=O) groups excluding carboxylic acids is 1. The van der Waals surface area contributed by atoms with E-state index in [1.54, 1.807) is 16.2 Å². The summed E-state index contributed by atoms with van der Waals surface area (Å²) >= 11 is 1.64. The SMILES string of the molecule is C[C@H](c1ccccc1)N(C)C(=O)CCc1nc2sc3c(c2c(=O)[nH]1)CCCC3. The van der Waals surface area contributed by atoms with Crippen molar-refractivity contribution in [3.05, 3.63) is 62.5 Å². The fourth-order valence-electron chi connectivity index (χ4n) is 3.90. The number of fused-ring (bicyclic) bond motifs is 3. The van der Waals surface area contributed by atoms with Crippen molar-refractivity contribution in [3.63, 3.8) is 0 Å². The van der Waals surface area contributed by atoms with Gasteiger partial charge in [0.1, 0.15) is 10.7 Å². The number of benzene rings is 1. The second kappa shape index (κ2) is 7.87. The molecule has 3 aromatic rings. The van der Waals surface area contributed by atoms with E-state index in [0.29, 0.717) is 18.7 Å². The molecular formula is C22H25N3O2S. The van der Waals surface area contributed by atoms with Crippen LogP contribution in [0.3, 0.4) is 0 Å². The van der Waals surface area contributed by atoms with Gasteiger partial charge >= 0.3 is 0 Å². The number of aromatic amines is 1. The predicted octanol–water partition coefficient (Wildman–Crippen LogP) is 4.02. The van der Waals surface area contributed by atoms with E-state index in [-0.39, 0.29) is 17.5 Å². The zero-order chi connectivity index (χ0) is 19.7. The summed E-state index contributed by atoms with van der Waals surface area (Å²) in [5.41, 5.74) is 2.24. The molecule has 1 aromatic carbocycles. The summed E-state index contributed by atoms with van der Waals surface area (Å²) in [7, 11) is 1.83.